The summed E-state index contributed by atoms with van der Waals surface area (Å²) in [5, 5.41) is 21.8. The molecule has 1 aromatic heterocycles. The maximum Gasteiger partial charge on any atom is 0.416 e. The van der Waals surface area contributed by atoms with Gasteiger partial charge in [-0.25, -0.2) is 9.89 Å². The van der Waals surface area contributed by atoms with E-state index in [4.69, 9.17) is 4.74 Å². The Hall–Kier alpha value is -3.65. The topological polar surface area (TPSA) is 105 Å². The minimum Gasteiger partial charge on any atom is -0.411 e. The second-order valence-corrected chi connectivity index (χ2v) is 9.47. The summed E-state index contributed by atoms with van der Waals surface area (Å²) in [6.45, 7) is 1.33. The van der Waals surface area contributed by atoms with Gasteiger partial charge in [0.05, 0.1) is 35.6 Å². The molecule has 1 aliphatic heterocycles. The molecule has 0 saturated carbocycles. The zero-order valence-corrected chi connectivity index (χ0v) is 20.6. The largest absolute Gasteiger partial charge is 0.416 e. The highest BCUT2D eigenvalue weighted by molar-refractivity contribution is 5.68. The molecule has 39 heavy (non-hydrogen) atoms. The minimum atomic E-state index is -4.98. The summed E-state index contributed by atoms with van der Waals surface area (Å²) in [5.74, 6) is 0. The Labute approximate surface area is 218 Å². The van der Waals surface area contributed by atoms with Gasteiger partial charge in [-0.15, -0.1) is 0 Å². The number of rotatable bonds is 7. The zero-order chi connectivity index (χ0) is 28.5. The Kier molecular flexibility index (Phi) is 7.63. The molecular formula is C25H25F6N5O3. The molecule has 0 radical (unpaired) electrons. The van der Waals surface area contributed by atoms with Gasteiger partial charge >= 0.3 is 18.0 Å². The van der Waals surface area contributed by atoms with Gasteiger partial charge in [0.1, 0.15) is 11.9 Å². The van der Waals surface area contributed by atoms with Crippen LogP contribution in [0.4, 0.5) is 26.3 Å². The predicted octanol–water partition coefficient (Wildman–Crippen LogP) is 4.82. The van der Waals surface area contributed by atoms with Crippen LogP contribution in [0.3, 0.4) is 0 Å². The summed E-state index contributed by atoms with van der Waals surface area (Å²) in [7, 11) is 0. The number of aromatic nitrogens is 3. The molecule has 210 valence electrons. The number of aromatic amines is 1. The van der Waals surface area contributed by atoms with Gasteiger partial charge in [0.25, 0.3) is 0 Å². The van der Waals surface area contributed by atoms with Crippen LogP contribution in [0.1, 0.15) is 48.1 Å². The van der Waals surface area contributed by atoms with Crippen molar-refractivity contribution in [2.75, 3.05) is 13.2 Å². The molecule has 0 aliphatic carbocycles. The number of nitrogens with zero attached hydrogens (tertiary/aromatic N) is 3. The molecule has 1 aliphatic rings. The van der Waals surface area contributed by atoms with E-state index in [2.05, 4.69) is 20.7 Å². The molecule has 2 aromatic carbocycles. The first kappa shape index (κ1) is 28.4. The van der Waals surface area contributed by atoms with Crippen LogP contribution >= 0.6 is 0 Å². The standard InChI is InChI=1S/C25H25F6N5O3/c1-16(17-9-19(24(26,27)28)11-20(10-17)25(29,30)31)39-14-23(18-5-3-2-4-6-18)8-7-22(12-32-23,13-34-38)36-15-33-35-21(36)37/h2-6,9-11,13,15-16,32,38H,7-8,12,14H2,1H3,(H,35,37)/b34-13+/t16-,22-,23-/m1/s1. The van der Waals surface area contributed by atoms with E-state index in [-0.39, 0.29) is 31.2 Å². The molecule has 0 spiro atoms. The molecule has 4 rings (SSSR count). The number of nitrogens with one attached hydrogen (secondary N) is 2. The van der Waals surface area contributed by atoms with Gasteiger partial charge in [0.2, 0.25) is 0 Å². The lowest BCUT2D eigenvalue weighted by atomic mass is 9.76. The number of ether oxygens (including phenoxy) is 1. The third kappa shape index (κ3) is 5.86. The fraction of sp³-hybridized carbons (Fsp3) is 0.400. The van der Waals surface area contributed by atoms with Crippen LogP contribution in [0.15, 0.2) is 64.8 Å². The van der Waals surface area contributed by atoms with E-state index >= 15 is 0 Å². The van der Waals surface area contributed by atoms with E-state index < -0.39 is 46.4 Å². The second kappa shape index (κ2) is 10.5. The molecular weight excluding hydrogens is 532 g/mol. The maximum atomic E-state index is 13.4. The van der Waals surface area contributed by atoms with Gasteiger partial charge < -0.3 is 15.3 Å². The fourth-order valence-electron chi connectivity index (χ4n) is 4.77. The number of hydrogen-bond donors (Lipinski definition) is 3. The Bertz CT molecular complexity index is 1330. The van der Waals surface area contributed by atoms with Crippen molar-refractivity contribution in [1.29, 1.82) is 0 Å². The normalized spacial score (nSPS) is 23.3. The first-order chi connectivity index (χ1) is 18.3. The van der Waals surface area contributed by atoms with Crippen LogP contribution in [0.25, 0.3) is 0 Å². The third-order valence-electron chi connectivity index (χ3n) is 7.03. The van der Waals surface area contributed by atoms with Crippen LogP contribution in [-0.4, -0.2) is 39.3 Å². The summed E-state index contributed by atoms with van der Waals surface area (Å²) < 4.78 is 87.4. The van der Waals surface area contributed by atoms with Crippen molar-refractivity contribution in [1.82, 2.24) is 20.1 Å². The van der Waals surface area contributed by atoms with Crippen molar-refractivity contribution in [3.05, 3.63) is 87.6 Å². The lowest BCUT2D eigenvalue weighted by Gasteiger charge is -2.46. The van der Waals surface area contributed by atoms with Crippen LogP contribution in [0.2, 0.25) is 0 Å². The molecule has 14 heteroatoms. The van der Waals surface area contributed by atoms with E-state index in [1.54, 1.807) is 18.2 Å². The number of H-pyrrole nitrogens is 1. The van der Waals surface area contributed by atoms with Crippen molar-refractivity contribution in [3.8, 4) is 0 Å². The summed E-state index contributed by atoms with van der Waals surface area (Å²) >= 11 is 0. The highest BCUT2D eigenvalue weighted by Gasteiger charge is 2.45. The molecule has 1 fully saturated rings. The molecule has 3 N–H and O–H groups in total. The average Bonchev–Trinajstić information content (AvgIpc) is 3.34. The quantitative estimate of drug-likeness (QED) is 0.167. The van der Waals surface area contributed by atoms with Crippen LogP contribution in [0.5, 0.6) is 0 Å². The number of halogens is 6. The number of piperidine rings is 1. The first-order valence-electron chi connectivity index (χ1n) is 11.8. The van der Waals surface area contributed by atoms with Crippen molar-refractivity contribution in [2.45, 2.75) is 49.3 Å². The van der Waals surface area contributed by atoms with Crippen molar-refractivity contribution in [2.24, 2.45) is 5.16 Å². The van der Waals surface area contributed by atoms with Crippen LogP contribution < -0.4 is 11.0 Å². The van der Waals surface area contributed by atoms with Gasteiger partial charge in [0.15, 0.2) is 0 Å². The van der Waals surface area contributed by atoms with Gasteiger partial charge in [-0.3, -0.25) is 4.57 Å². The van der Waals surface area contributed by atoms with E-state index in [0.29, 0.717) is 18.6 Å². The summed E-state index contributed by atoms with van der Waals surface area (Å²) in [6.07, 6.45) is -8.05. The molecule has 8 nitrogen and oxygen atoms in total. The summed E-state index contributed by atoms with van der Waals surface area (Å²) in [6, 6.07) is 10.3. The molecule has 2 heterocycles. The number of hydrogen-bond acceptors (Lipinski definition) is 6. The average molecular weight is 557 g/mol. The summed E-state index contributed by atoms with van der Waals surface area (Å²) in [5.41, 5.74) is -4.91. The van der Waals surface area contributed by atoms with Crippen LogP contribution in [0, 0.1) is 0 Å². The van der Waals surface area contributed by atoms with Gasteiger partial charge in [-0.05, 0) is 49.1 Å². The fourth-order valence-corrected chi connectivity index (χ4v) is 4.77. The molecule has 3 atom stereocenters. The van der Waals surface area contributed by atoms with E-state index in [9.17, 15) is 36.3 Å². The molecule has 0 bridgehead atoms. The molecule has 3 aromatic rings. The van der Waals surface area contributed by atoms with Gasteiger partial charge in [0, 0.05) is 6.54 Å². The van der Waals surface area contributed by atoms with Crippen molar-refractivity contribution < 1.29 is 36.3 Å². The number of alkyl halides is 6. The molecule has 0 amide bonds. The van der Waals surface area contributed by atoms with Gasteiger partial charge in [-0.1, -0.05) is 35.5 Å². The lowest BCUT2D eigenvalue weighted by molar-refractivity contribution is -0.143. The minimum absolute atomic E-state index is 0.0739. The Morgan fingerprint density at radius 1 is 1.10 bits per heavy atom. The van der Waals surface area contributed by atoms with Crippen molar-refractivity contribution in [3.63, 3.8) is 0 Å². The SMILES string of the molecule is C[C@@H](OC[C@@]1(c2ccccc2)CC[C@@](/C=N/O)(n2cn[nH]c2=O)CN1)c1cc(C(F)(F)F)cc(C(F)(F)F)c1. The summed E-state index contributed by atoms with van der Waals surface area (Å²) in [4.78, 5) is 12.3. The Balaban J connectivity index is 1.64. The highest BCUT2D eigenvalue weighted by atomic mass is 19.4. The highest BCUT2D eigenvalue weighted by Crippen LogP contribution is 2.40. The molecule has 0 unspecified atom stereocenters. The molecule has 1 saturated heterocycles. The van der Waals surface area contributed by atoms with E-state index in [1.807, 2.05) is 12.1 Å². The third-order valence-corrected chi connectivity index (χ3v) is 7.03. The number of oxime groups is 1. The zero-order valence-electron chi connectivity index (χ0n) is 20.6. The second-order valence-electron chi connectivity index (χ2n) is 9.47. The van der Waals surface area contributed by atoms with Crippen LogP contribution in [-0.2, 0) is 28.2 Å². The Morgan fingerprint density at radius 3 is 2.23 bits per heavy atom. The maximum absolute atomic E-state index is 13.4. The predicted molar refractivity (Wildman–Crippen MR) is 127 cm³/mol. The first-order valence-corrected chi connectivity index (χ1v) is 11.8. The van der Waals surface area contributed by atoms with E-state index in [1.165, 1.54) is 24.0 Å². The Morgan fingerprint density at radius 2 is 1.74 bits per heavy atom. The number of benzene rings is 2. The monoisotopic (exact) mass is 557 g/mol. The van der Waals surface area contributed by atoms with Crippen molar-refractivity contribution >= 4 is 6.21 Å². The smallest absolute Gasteiger partial charge is 0.411 e. The van der Waals surface area contributed by atoms with Gasteiger partial charge in [-0.2, -0.15) is 31.4 Å². The lowest BCUT2D eigenvalue weighted by Crippen LogP contribution is -2.60. The van der Waals surface area contributed by atoms with E-state index in [0.717, 1.165) is 5.56 Å².